The average molecular weight is 539 g/mol. The Labute approximate surface area is 229 Å². The van der Waals surface area contributed by atoms with Crippen LogP contribution in [-0.2, 0) is 4.79 Å². The number of rotatable bonds is 7. The minimum Gasteiger partial charge on any atom is -0.495 e. The summed E-state index contributed by atoms with van der Waals surface area (Å²) in [7, 11) is 1.51. The van der Waals surface area contributed by atoms with Gasteiger partial charge in [-0.2, -0.15) is 5.10 Å². The molecule has 0 spiro atoms. The summed E-state index contributed by atoms with van der Waals surface area (Å²) >= 11 is 0. The number of fused-ring (bicyclic) bond motifs is 1. The second-order valence-corrected chi connectivity index (χ2v) is 9.24. The van der Waals surface area contributed by atoms with Gasteiger partial charge in [0.25, 0.3) is 17.5 Å². The molecule has 0 bridgehead atoms. The van der Waals surface area contributed by atoms with E-state index in [1.807, 2.05) is 31.2 Å². The zero-order valence-electron chi connectivity index (χ0n) is 22.0. The maximum atomic E-state index is 13.7. The Morgan fingerprint density at radius 1 is 0.975 bits per heavy atom. The van der Waals surface area contributed by atoms with E-state index in [9.17, 15) is 19.7 Å². The first-order chi connectivity index (χ1) is 19.3. The standard InChI is InChI=1S/C29H26N6O5/c1-17-8-12-20(13-9-17)32-28(36)22-16-30-34-26(19-10-14-21(15-11-19)35(38)39)25(18(2)31-27(22)34)29(37)33-23-6-4-5-7-24(23)40-3/h4-16,26,31H,1-3H3,(H,32,36)(H,33,37). The van der Waals surface area contributed by atoms with Gasteiger partial charge in [-0.05, 0) is 55.8 Å². The Morgan fingerprint density at radius 3 is 2.35 bits per heavy atom. The maximum absolute atomic E-state index is 13.7. The number of hydrogen-bond acceptors (Lipinski definition) is 7. The molecule has 1 aliphatic rings. The second-order valence-electron chi connectivity index (χ2n) is 9.24. The Hall–Kier alpha value is -5.45. The van der Waals surface area contributed by atoms with Crippen LogP contribution in [-0.4, -0.2) is 33.6 Å². The number of allylic oxidation sites excluding steroid dienone is 1. The molecule has 11 heteroatoms. The number of nitrogens with one attached hydrogen (secondary N) is 3. The van der Waals surface area contributed by atoms with Crippen LogP contribution in [0.25, 0.3) is 0 Å². The monoisotopic (exact) mass is 538 g/mol. The van der Waals surface area contributed by atoms with Crippen molar-refractivity contribution in [2.24, 2.45) is 0 Å². The minimum absolute atomic E-state index is 0.0859. The van der Waals surface area contributed by atoms with Gasteiger partial charge < -0.3 is 20.7 Å². The third-order valence-corrected chi connectivity index (χ3v) is 6.60. The van der Waals surface area contributed by atoms with Crippen LogP contribution < -0.4 is 20.7 Å². The first-order valence-corrected chi connectivity index (χ1v) is 12.4. The van der Waals surface area contributed by atoms with Gasteiger partial charge in [0.1, 0.15) is 23.2 Å². The van der Waals surface area contributed by atoms with Gasteiger partial charge in [-0.3, -0.25) is 19.7 Å². The summed E-state index contributed by atoms with van der Waals surface area (Å²) in [5.41, 5.74) is 3.74. The Morgan fingerprint density at radius 2 is 1.68 bits per heavy atom. The van der Waals surface area contributed by atoms with Gasteiger partial charge >= 0.3 is 0 Å². The predicted octanol–water partition coefficient (Wildman–Crippen LogP) is 5.29. The summed E-state index contributed by atoms with van der Waals surface area (Å²) in [6.07, 6.45) is 1.43. The van der Waals surface area contributed by atoms with Crippen LogP contribution >= 0.6 is 0 Å². The molecular weight excluding hydrogens is 512 g/mol. The Balaban J connectivity index is 1.55. The number of carbonyl (C=O) groups excluding carboxylic acids is 2. The molecule has 0 fully saturated rings. The molecule has 5 rings (SSSR count). The highest BCUT2D eigenvalue weighted by molar-refractivity contribution is 6.09. The Bertz CT molecular complexity index is 1640. The van der Waals surface area contributed by atoms with Crippen molar-refractivity contribution >= 4 is 34.7 Å². The number of carbonyl (C=O) groups is 2. The summed E-state index contributed by atoms with van der Waals surface area (Å²) in [6, 6.07) is 19.5. The summed E-state index contributed by atoms with van der Waals surface area (Å²) in [5, 5.41) is 24.7. The van der Waals surface area contributed by atoms with Crippen LogP contribution in [0.5, 0.6) is 5.75 Å². The number of ether oxygens (including phenoxy) is 1. The first-order valence-electron chi connectivity index (χ1n) is 12.4. The fourth-order valence-electron chi connectivity index (χ4n) is 4.57. The van der Waals surface area contributed by atoms with Crippen molar-refractivity contribution in [2.75, 3.05) is 23.1 Å². The zero-order valence-corrected chi connectivity index (χ0v) is 22.0. The smallest absolute Gasteiger partial charge is 0.269 e. The molecule has 1 atom stereocenters. The van der Waals surface area contributed by atoms with E-state index in [4.69, 9.17) is 4.74 Å². The van der Waals surface area contributed by atoms with Crippen molar-refractivity contribution in [2.45, 2.75) is 19.9 Å². The minimum atomic E-state index is -0.785. The molecule has 1 aliphatic heterocycles. The molecule has 40 heavy (non-hydrogen) atoms. The lowest BCUT2D eigenvalue weighted by Gasteiger charge is -2.30. The van der Waals surface area contributed by atoms with Crippen molar-refractivity contribution < 1.29 is 19.2 Å². The molecule has 0 radical (unpaired) electrons. The highest BCUT2D eigenvalue weighted by Gasteiger charge is 2.35. The molecule has 1 aromatic heterocycles. The second kappa shape index (κ2) is 10.7. The van der Waals surface area contributed by atoms with Gasteiger partial charge in [0, 0.05) is 23.5 Å². The highest BCUT2D eigenvalue weighted by atomic mass is 16.6. The van der Waals surface area contributed by atoms with Crippen molar-refractivity contribution in [1.29, 1.82) is 0 Å². The quantitative estimate of drug-likeness (QED) is 0.215. The highest BCUT2D eigenvalue weighted by Crippen LogP contribution is 2.39. The van der Waals surface area contributed by atoms with Gasteiger partial charge in [-0.15, -0.1) is 0 Å². The fraction of sp³-hybridized carbons (Fsp3) is 0.138. The van der Waals surface area contributed by atoms with Gasteiger partial charge in [-0.1, -0.05) is 29.8 Å². The molecule has 1 unspecified atom stereocenters. The van der Waals surface area contributed by atoms with Crippen LogP contribution in [0.15, 0.2) is 90.3 Å². The number of aryl methyl sites for hydroxylation is 1. The molecule has 2 heterocycles. The third kappa shape index (κ3) is 4.99. The molecule has 4 aromatic rings. The summed E-state index contributed by atoms with van der Waals surface area (Å²) < 4.78 is 6.91. The molecule has 0 aliphatic carbocycles. The normalized spacial score (nSPS) is 14.1. The van der Waals surface area contributed by atoms with E-state index in [0.717, 1.165) is 5.56 Å². The van der Waals surface area contributed by atoms with E-state index in [-0.39, 0.29) is 17.2 Å². The molecule has 2 amide bonds. The number of benzene rings is 3. The molecule has 3 N–H and O–H groups in total. The maximum Gasteiger partial charge on any atom is 0.269 e. The van der Waals surface area contributed by atoms with Crippen molar-refractivity contribution in [1.82, 2.24) is 9.78 Å². The molecule has 0 saturated heterocycles. The number of nitro benzene ring substituents is 1. The van der Waals surface area contributed by atoms with E-state index >= 15 is 0 Å². The van der Waals surface area contributed by atoms with Crippen molar-refractivity contribution in [3.05, 3.63) is 117 Å². The zero-order chi connectivity index (χ0) is 28.4. The topological polar surface area (TPSA) is 140 Å². The lowest BCUT2D eigenvalue weighted by molar-refractivity contribution is -0.384. The number of aromatic nitrogens is 2. The van der Waals surface area contributed by atoms with Gasteiger partial charge in [-0.25, -0.2) is 4.68 Å². The van der Waals surface area contributed by atoms with Gasteiger partial charge in [0.05, 0.1) is 29.5 Å². The summed E-state index contributed by atoms with van der Waals surface area (Å²) in [6.45, 7) is 3.69. The molecule has 11 nitrogen and oxygen atoms in total. The largest absolute Gasteiger partial charge is 0.495 e. The van der Waals surface area contributed by atoms with Gasteiger partial charge in [0.15, 0.2) is 0 Å². The lowest BCUT2D eigenvalue weighted by Crippen LogP contribution is -2.32. The van der Waals surface area contributed by atoms with E-state index in [2.05, 4.69) is 21.0 Å². The molecular formula is C29H26N6O5. The van der Waals surface area contributed by atoms with Crippen LogP contribution in [0, 0.1) is 17.0 Å². The first kappa shape index (κ1) is 26.2. The van der Waals surface area contributed by atoms with E-state index in [0.29, 0.717) is 39.8 Å². The van der Waals surface area contributed by atoms with Gasteiger partial charge in [0.2, 0.25) is 0 Å². The van der Waals surface area contributed by atoms with Crippen LogP contribution in [0.3, 0.4) is 0 Å². The fourth-order valence-corrected chi connectivity index (χ4v) is 4.57. The number of methoxy groups -OCH3 is 1. The van der Waals surface area contributed by atoms with Crippen LogP contribution in [0.2, 0.25) is 0 Å². The number of anilines is 3. The number of non-ortho nitro benzene ring substituents is 1. The van der Waals surface area contributed by atoms with Crippen molar-refractivity contribution in [3.63, 3.8) is 0 Å². The summed E-state index contributed by atoms with van der Waals surface area (Å²) in [4.78, 5) is 37.8. The molecule has 3 aromatic carbocycles. The number of amides is 2. The summed E-state index contributed by atoms with van der Waals surface area (Å²) in [5.74, 6) is 0.0679. The lowest BCUT2D eigenvalue weighted by atomic mass is 9.94. The predicted molar refractivity (Wildman–Crippen MR) is 151 cm³/mol. The molecule has 202 valence electrons. The number of hydrogen-bond donors (Lipinski definition) is 3. The van der Waals surface area contributed by atoms with Crippen molar-refractivity contribution in [3.8, 4) is 5.75 Å². The number of nitrogens with zero attached hydrogens (tertiary/aromatic N) is 3. The number of para-hydroxylation sites is 2. The molecule has 0 saturated carbocycles. The van der Waals surface area contributed by atoms with Crippen LogP contribution in [0.1, 0.15) is 34.5 Å². The third-order valence-electron chi connectivity index (χ3n) is 6.60. The number of nitro groups is 1. The van der Waals surface area contributed by atoms with Crippen LogP contribution in [0.4, 0.5) is 22.9 Å². The van der Waals surface area contributed by atoms with E-state index in [1.165, 1.54) is 30.1 Å². The van der Waals surface area contributed by atoms with E-state index in [1.54, 1.807) is 43.3 Å². The van der Waals surface area contributed by atoms with E-state index < -0.39 is 16.9 Å². The SMILES string of the molecule is COc1ccccc1NC(=O)C1=C(C)Nc2c(C(=O)Nc3ccc(C)cc3)cnn2C1c1ccc([N+](=O)[O-])cc1. The Kier molecular flexibility index (Phi) is 7.02. The average Bonchev–Trinajstić information content (AvgIpc) is 3.37.